The maximum absolute atomic E-state index is 14.4. The van der Waals surface area contributed by atoms with Gasteiger partial charge < -0.3 is 0 Å². The number of allylic oxidation sites excluding steroid dienone is 1. The lowest BCUT2D eigenvalue weighted by Crippen LogP contribution is -2.49. The van der Waals surface area contributed by atoms with Crippen molar-refractivity contribution in [3.8, 4) is 0 Å². The highest BCUT2D eigenvalue weighted by Gasteiger charge is 2.34. The molecule has 3 aromatic carbocycles. The number of sulfonamides is 2. The first-order valence-electron chi connectivity index (χ1n) is 11.2. The molecule has 0 saturated heterocycles. The number of fused-ring (bicyclic) bond motifs is 1. The molecule has 190 valence electrons. The molecule has 6 nitrogen and oxygen atoms in total. The fourth-order valence-electron chi connectivity index (χ4n) is 4.41. The number of benzene rings is 3. The van der Waals surface area contributed by atoms with Crippen LogP contribution in [-0.2, 0) is 26.5 Å². The van der Waals surface area contributed by atoms with Crippen LogP contribution in [0.5, 0.6) is 0 Å². The lowest BCUT2D eigenvalue weighted by molar-refractivity contribution is 0.536. The number of hydrogen-bond donors (Lipinski definition) is 1. The molecule has 0 radical (unpaired) electrons. The van der Waals surface area contributed by atoms with Crippen LogP contribution >= 0.6 is 11.6 Å². The van der Waals surface area contributed by atoms with Crippen molar-refractivity contribution in [3.63, 3.8) is 0 Å². The van der Waals surface area contributed by atoms with Gasteiger partial charge in [-0.15, -0.1) is 0 Å². The second-order valence-corrected chi connectivity index (χ2v) is 13.0. The summed E-state index contributed by atoms with van der Waals surface area (Å²) >= 11 is 6.21. The molecule has 1 aliphatic rings. The van der Waals surface area contributed by atoms with E-state index in [1.165, 1.54) is 22.5 Å². The summed E-state index contributed by atoms with van der Waals surface area (Å²) in [6.07, 6.45) is 3.11. The van der Waals surface area contributed by atoms with E-state index in [-0.39, 0.29) is 22.0 Å². The van der Waals surface area contributed by atoms with Crippen LogP contribution in [0.15, 0.2) is 65.6 Å². The maximum atomic E-state index is 14.4. The number of halogens is 2. The zero-order valence-electron chi connectivity index (χ0n) is 20.0. The molecule has 0 amide bonds. The van der Waals surface area contributed by atoms with Crippen molar-refractivity contribution >= 4 is 49.0 Å². The first kappa shape index (κ1) is 26.3. The van der Waals surface area contributed by atoms with Crippen LogP contribution in [-0.4, -0.2) is 35.7 Å². The molecule has 3 aromatic rings. The van der Waals surface area contributed by atoms with E-state index in [0.29, 0.717) is 28.8 Å². The van der Waals surface area contributed by atoms with E-state index < -0.39 is 31.9 Å². The first-order valence-corrected chi connectivity index (χ1v) is 14.9. The number of anilines is 1. The third-order valence-corrected chi connectivity index (χ3v) is 8.78. The van der Waals surface area contributed by atoms with Gasteiger partial charge in [0.15, 0.2) is 0 Å². The minimum Gasteiger partial charge on any atom is -0.264 e. The van der Waals surface area contributed by atoms with Crippen LogP contribution < -0.4 is 9.03 Å². The van der Waals surface area contributed by atoms with E-state index >= 15 is 0 Å². The molecule has 36 heavy (non-hydrogen) atoms. The molecule has 0 bridgehead atoms. The fraction of sp³-hybridized carbons (Fsp3) is 0.231. The topological polar surface area (TPSA) is 83.6 Å². The predicted octanol–water partition coefficient (Wildman–Crippen LogP) is 5.02. The highest BCUT2D eigenvalue weighted by atomic mass is 35.5. The summed E-state index contributed by atoms with van der Waals surface area (Å²) in [4.78, 5) is 0.115. The lowest BCUT2D eigenvalue weighted by atomic mass is 9.97. The Morgan fingerprint density at radius 2 is 1.81 bits per heavy atom. The highest BCUT2D eigenvalue weighted by Crippen LogP contribution is 2.35. The Balaban J connectivity index is 1.82. The summed E-state index contributed by atoms with van der Waals surface area (Å²) in [5.74, 6) is -0.451. The molecule has 0 aliphatic carbocycles. The Hall–Kier alpha value is -2.72. The van der Waals surface area contributed by atoms with E-state index in [2.05, 4.69) is 4.72 Å². The van der Waals surface area contributed by atoms with E-state index in [1.807, 2.05) is 0 Å². The smallest absolute Gasteiger partial charge is 0.264 e. The Bertz CT molecular complexity index is 1550. The number of rotatable bonds is 6. The van der Waals surface area contributed by atoms with Crippen LogP contribution in [0.3, 0.4) is 0 Å². The fourth-order valence-corrected chi connectivity index (χ4v) is 7.13. The van der Waals surface area contributed by atoms with E-state index in [4.69, 9.17) is 11.6 Å². The van der Waals surface area contributed by atoms with Crippen LogP contribution in [0.4, 0.5) is 10.1 Å². The minimum atomic E-state index is -4.00. The van der Waals surface area contributed by atoms with Gasteiger partial charge in [0, 0.05) is 11.6 Å². The van der Waals surface area contributed by atoms with Crippen molar-refractivity contribution in [1.29, 1.82) is 0 Å². The number of nitrogens with zero attached hydrogens (tertiary/aromatic N) is 1. The van der Waals surface area contributed by atoms with Crippen molar-refractivity contribution in [3.05, 3.63) is 93.8 Å². The monoisotopic (exact) mass is 548 g/mol. The molecule has 0 saturated carbocycles. The third-order valence-electron chi connectivity index (χ3n) is 5.93. The normalized spacial score (nSPS) is 16.6. The second kappa shape index (κ2) is 9.97. The molecule has 1 N–H and O–H groups in total. The average molecular weight is 549 g/mol. The second-order valence-electron chi connectivity index (χ2n) is 8.96. The third kappa shape index (κ3) is 5.64. The first-order chi connectivity index (χ1) is 16.8. The molecule has 0 spiro atoms. The Morgan fingerprint density at radius 1 is 1.08 bits per heavy atom. The summed E-state index contributed by atoms with van der Waals surface area (Å²) in [5, 5.41) is 0.278. The molecular weight excluding hydrogens is 523 g/mol. The molecule has 1 heterocycles. The molecule has 4 rings (SSSR count). The predicted molar refractivity (Wildman–Crippen MR) is 143 cm³/mol. The van der Waals surface area contributed by atoms with Gasteiger partial charge in [-0.2, -0.15) is 0 Å². The Kier molecular flexibility index (Phi) is 7.30. The lowest BCUT2D eigenvalue weighted by Gasteiger charge is -2.35. The number of aryl methyl sites for hydroxylation is 1. The molecule has 0 fully saturated rings. The van der Waals surface area contributed by atoms with Crippen molar-refractivity contribution in [2.75, 3.05) is 17.1 Å². The zero-order valence-corrected chi connectivity index (χ0v) is 22.4. The molecular formula is C26H26ClFN2O4S2. The van der Waals surface area contributed by atoms with Crippen LogP contribution in [0.2, 0.25) is 5.02 Å². The summed E-state index contributed by atoms with van der Waals surface area (Å²) in [6, 6.07) is 15.7. The van der Waals surface area contributed by atoms with Crippen LogP contribution in [0.25, 0.3) is 11.6 Å². The Morgan fingerprint density at radius 3 is 2.47 bits per heavy atom. The molecule has 1 aliphatic heterocycles. The van der Waals surface area contributed by atoms with Crippen LogP contribution in [0.1, 0.15) is 29.2 Å². The van der Waals surface area contributed by atoms with Gasteiger partial charge in [-0.05, 0) is 72.9 Å². The van der Waals surface area contributed by atoms with Crippen molar-refractivity contribution < 1.29 is 21.2 Å². The van der Waals surface area contributed by atoms with Crippen molar-refractivity contribution in [1.82, 2.24) is 4.72 Å². The van der Waals surface area contributed by atoms with Gasteiger partial charge in [0.1, 0.15) is 5.82 Å². The minimum absolute atomic E-state index is 0.0678. The van der Waals surface area contributed by atoms with Gasteiger partial charge in [-0.3, -0.25) is 4.31 Å². The maximum Gasteiger partial charge on any atom is 0.264 e. The average Bonchev–Trinajstić information content (AvgIpc) is 2.77. The van der Waals surface area contributed by atoms with Crippen molar-refractivity contribution in [2.45, 2.75) is 31.2 Å². The number of nitrogens with one attached hydrogen (secondary N) is 1. The van der Waals surface area contributed by atoms with E-state index in [1.54, 1.807) is 62.4 Å². The van der Waals surface area contributed by atoms with Crippen LogP contribution in [0, 0.1) is 12.7 Å². The summed E-state index contributed by atoms with van der Waals surface area (Å²) < 4.78 is 69.5. The van der Waals surface area contributed by atoms with Gasteiger partial charge in [0.2, 0.25) is 10.0 Å². The molecule has 1 atom stereocenters. The summed E-state index contributed by atoms with van der Waals surface area (Å²) in [6.45, 7) is 3.47. The summed E-state index contributed by atoms with van der Waals surface area (Å²) in [7, 11) is -7.56. The quantitative estimate of drug-likeness (QED) is 0.439. The molecule has 10 heteroatoms. The molecule has 0 unspecified atom stereocenters. The highest BCUT2D eigenvalue weighted by molar-refractivity contribution is 7.92. The SMILES string of the molecule is C/C(=C\c1ccc2c(c1)N(S(=O)(=O)c1cccc(C)c1)C[C@H](NS(C)(=O)=O)C2)c1c(F)cccc1Cl. The number of hydrogen-bond acceptors (Lipinski definition) is 4. The van der Waals surface area contributed by atoms with E-state index in [0.717, 1.165) is 11.8 Å². The van der Waals surface area contributed by atoms with Crippen molar-refractivity contribution in [2.24, 2.45) is 0 Å². The van der Waals surface area contributed by atoms with Gasteiger partial charge in [-0.25, -0.2) is 25.9 Å². The van der Waals surface area contributed by atoms with Gasteiger partial charge in [0.05, 0.1) is 28.4 Å². The zero-order chi connectivity index (χ0) is 26.3. The Labute approximate surface area is 216 Å². The van der Waals surface area contributed by atoms with Gasteiger partial charge in [0.25, 0.3) is 10.0 Å². The standard InChI is InChI=1S/C26H26ClFN2O4S2/c1-17-6-4-7-22(12-17)36(33,34)30-16-21(29-35(3,31)32)15-20-11-10-19(14-25(20)30)13-18(2)26-23(27)8-5-9-24(26)28/h4-14,21,29H,15-16H2,1-3H3/b18-13+/t21-/m1/s1. The molecule has 0 aromatic heterocycles. The largest absolute Gasteiger partial charge is 0.264 e. The van der Waals surface area contributed by atoms with E-state index in [9.17, 15) is 21.2 Å². The van der Waals surface area contributed by atoms with Gasteiger partial charge >= 0.3 is 0 Å². The van der Waals surface area contributed by atoms with Gasteiger partial charge in [-0.1, -0.05) is 48.0 Å². The summed E-state index contributed by atoms with van der Waals surface area (Å²) in [5.41, 5.74) is 3.43.